The number of rotatable bonds is 4. The summed E-state index contributed by atoms with van der Waals surface area (Å²) in [4.78, 5) is 0. The summed E-state index contributed by atoms with van der Waals surface area (Å²) in [7, 11) is 0. The molecule has 1 aromatic heterocycles. The summed E-state index contributed by atoms with van der Waals surface area (Å²) in [5, 5.41) is 5.01. The molecule has 18 heavy (non-hydrogen) atoms. The van der Waals surface area contributed by atoms with Crippen LogP contribution >= 0.6 is 34.2 Å². The second kappa shape index (κ2) is 6.04. The molecule has 1 heterocycles. The Hall–Kier alpha value is -0.590. The Kier molecular flexibility index (Phi) is 4.64. The highest BCUT2D eigenvalue weighted by atomic mass is 127. The predicted octanol–water partition coefficient (Wildman–Crippen LogP) is 3.41. The van der Waals surface area contributed by atoms with Gasteiger partial charge < -0.3 is 5.73 Å². The Morgan fingerprint density at radius 2 is 2.28 bits per heavy atom. The maximum absolute atomic E-state index is 6.29. The monoisotopic (exact) mass is 375 g/mol. The van der Waals surface area contributed by atoms with Gasteiger partial charge in [0.05, 0.1) is 15.5 Å². The molecule has 3 nitrogen and oxygen atoms in total. The molecular formula is C13H15ClIN3. The molecule has 0 fully saturated rings. The molecule has 0 radical (unpaired) electrons. The van der Waals surface area contributed by atoms with E-state index in [1.807, 2.05) is 35.3 Å². The predicted molar refractivity (Wildman–Crippen MR) is 83.3 cm³/mol. The van der Waals surface area contributed by atoms with Crippen LogP contribution in [0.1, 0.15) is 18.9 Å². The van der Waals surface area contributed by atoms with Gasteiger partial charge in [-0.2, -0.15) is 5.10 Å². The summed E-state index contributed by atoms with van der Waals surface area (Å²) in [5.74, 6) is 0. The van der Waals surface area contributed by atoms with Gasteiger partial charge in [-0.15, -0.1) is 0 Å². The van der Waals surface area contributed by atoms with Gasteiger partial charge in [0.2, 0.25) is 0 Å². The summed E-state index contributed by atoms with van der Waals surface area (Å²) in [5.41, 5.74) is 8.01. The van der Waals surface area contributed by atoms with Crippen molar-refractivity contribution >= 4 is 34.2 Å². The van der Waals surface area contributed by atoms with E-state index >= 15 is 0 Å². The highest BCUT2D eigenvalue weighted by Crippen LogP contribution is 2.22. The normalized spacial score (nSPS) is 12.7. The van der Waals surface area contributed by atoms with Crippen LogP contribution in [0.5, 0.6) is 0 Å². The van der Waals surface area contributed by atoms with E-state index in [0.29, 0.717) is 0 Å². The number of hydrogen-bond donors (Lipinski definition) is 1. The highest BCUT2D eigenvalue weighted by Gasteiger charge is 2.07. The lowest BCUT2D eigenvalue weighted by molar-refractivity contribution is 0.646. The average molecular weight is 376 g/mol. The third kappa shape index (κ3) is 3.24. The zero-order valence-corrected chi connectivity index (χ0v) is 13.0. The van der Waals surface area contributed by atoms with Crippen LogP contribution in [0.3, 0.4) is 0 Å². The van der Waals surface area contributed by atoms with Crippen LogP contribution in [0.25, 0.3) is 5.69 Å². The van der Waals surface area contributed by atoms with E-state index in [2.05, 4.69) is 34.6 Å². The van der Waals surface area contributed by atoms with Crippen molar-refractivity contribution in [2.75, 3.05) is 0 Å². The van der Waals surface area contributed by atoms with E-state index < -0.39 is 0 Å². The van der Waals surface area contributed by atoms with Crippen molar-refractivity contribution in [3.63, 3.8) is 0 Å². The fourth-order valence-corrected chi connectivity index (χ4v) is 2.35. The molecule has 0 saturated heterocycles. The van der Waals surface area contributed by atoms with E-state index in [1.165, 1.54) is 0 Å². The summed E-state index contributed by atoms with van der Waals surface area (Å²) in [6.07, 6.45) is 5.54. The first kappa shape index (κ1) is 13.8. The van der Waals surface area contributed by atoms with Crippen molar-refractivity contribution in [3.05, 3.63) is 44.7 Å². The van der Waals surface area contributed by atoms with Gasteiger partial charge in [0.1, 0.15) is 0 Å². The van der Waals surface area contributed by atoms with Gasteiger partial charge in [-0.05, 0) is 53.1 Å². The van der Waals surface area contributed by atoms with Gasteiger partial charge in [0, 0.05) is 17.3 Å². The fraction of sp³-hybridized carbons (Fsp3) is 0.308. The molecule has 0 aliphatic carbocycles. The Morgan fingerprint density at radius 1 is 1.50 bits per heavy atom. The van der Waals surface area contributed by atoms with Gasteiger partial charge in [-0.3, -0.25) is 0 Å². The molecule has 0 aliphatic heterocycles. The molecule has 0 spiro atoms. The second-order valence-corrected chi connectivity index (χ2v) is 5.90. The minimum Gasteiger partial charge on any atom is -0.327 e. The molecule has 2 aromatic rings. The molecule has 2 N–H and O–H groups in total. The first-order chi connectivity index (χ1) is 8.60. The molecule has 0 amide bonds. The maximum Gasteiger partial charge on any atom is 0.0661 e. The molecule has 1 atom stereocenters. The lowest BCUT2D eigenvalue weighted by Crippen LogP contribution is -2.21. The van der Waals surface area contributed by atoms with Gasteiger partial charge >= 0.3 is 0 Å². The van der Waals surface area contributed by atoms with E-state index in [4.69, 9.17) is 17.3 Å². The van der Waals surface area contributed by atoms with Crippen molar-refractivity contribution in [1.29, 1.82) is 0 Å². The zero-order chi connectivity index (χ0) is 13.1. The lowest BCUT2D eigenvalue weighted by atomic mass is 10.0. The van der Waals surface area contributed by atoms with Crippen LogP contribution in [-0.2, 0) is 6.42 Å². The topological polar surface area (TPSA) is 43.8 Å². The number of nitrogens with two attached hydrogens (primary N) is 1. The molecule has 96 valence electrons. The zero-order valence-electron chi connectivity index (χ0n) is 10.1. The molecule has 5 heteroatoms. The Morgan fingerprint density at radius 3 is 2.83 bits per heavy atom. The quantitative estimate of drug-likeness (QED) is 0.832. The maximum atomic E-state index is 6.29. The van der Waals surface area contributed by atoms with Gasteiger partial charge in [0.25, 0.3) is 0 Å². The Bertz CT molecular complexity index is 539. The van der Waals surface area contributed by atoms with E-state index in [9.17, 15) is 0 Å². The SMILES string of the molecule is CCC(N)Cc1ccc(-n2cc(I)cn2)cc1Cl. The van der Waals surface area contributed by atoms with Crippen LogP contribution in [0.2, 0.25) is 5.02 Å². The van der Waals surface area contributed by atoms with Crippen molar-refractivity contribution < 1.29 is 0 Å². The largest absolute Gasteiger partial charge is 0.327 e. The van der Waals surface area contributed by atoms with Crippen molar-refractivity contribution in [2.24, 2.45) is 5.73 Å². The van der Waals surface area contributed by atoms with Crippen LogP contribution in [-0.4, -0.2) is 15.8 Å². The second-order valence-electron chi connectivity index (χ2n) is 4.25. The molecule has 2 rings (SSSR count). The van der Waals surface area contributed by atoms with Crippen LogP contribution < -0.4 is 5.73 Å². The Labute approximate surface area is 125 Å². The van der Waals surface area contributed by atoms with Crippen molar-refractivity contribution in [1.82, 2.24) is 9.78 Å². The lowest BCUT2D eigenvalue weighted by Gasteiger charge is -2.11. The summed E-state index contributed by atoms with van der Waals surface area (Å²) >= 11 is 8.52. The van der Waals surface area contributed by atoms with Crippen molar-refractivity contribution in [3.8, 4) is 5.69 Å². The third-order valence-electron chi connectivity index (χ3n) is 2.86. The van der Waals surface area contributed by atoms with Gasteiger partial charge in [-0.25, -0.2) is 4.68 Å². The molecular weight excluding hydrogens is 361 g/mol. The molecule has 0 aliphatic rings. The van der Waals surface area contributed by atoms with Crippen molar-refractivity contribution in [2.45, 2.75) is 25.8 Å². The number of benzene rings is 1. The summed E-state index contributed by atoms with van der Waals surface area (Å²) in [6, 6.07) is 6.15. The molecule has 1 unspecified atom stereocenters. The fourth-order valence-electron chi connectivity index (χ4n) is 1.71. The molecule has 0 saturated carbocycles. The summed E-state index contributed by atoms with van der Waals surface area (Å²) < 4.78 is 2.91. The molecule has 1 aromatic carbocycles. The van der Waals surface area contributed by atoms with Gasteiger partial charge in [-0.1, -0.05) is 24.6 Å². The smallest absolute Gasteiger partial charge is 0.0661 e. The van der Waals surface area contributed by atoms with E-state index in [1.54, 1.807) is 0 Å². The Balaban J connectivity index is 2.24. The minimum absolute atomic E-state index is 0.166. The van der Waals surface area contributed by atoms with E-state index in [0.717, 1.165) is 32.7 Å². The van der Waals surface area contributed by atoms with Crippen LogP contribution in [0, 0.1) is 3.57 Å². The minimum atomic E-state index is 0.166. The first-order valence-corrected chi connectivity index (χ1v) is 7.30. The third-order valence-corrected chi connectivity index (χ3v) is 3.77. The van der Waals surface area contributed by atoms with E-state index in [-0.39, 0.29) is 6.04 Å². The number of halogens is 2. The average Bonchev–Trinajstić information content (AvgIpc) is 2.78. The highest BCUT2D eigenvalue weighted by molar-refractivity contribution is 14.1. The van der Waals surface area contributed by atoms with Crippen LogP contribution in [0.15, 0.2) is 30.6 Å². The molecule has 0 bridgehead atoms. The number of hydrogen-bond acceptors (Lipinski definition) is 2. The summed E-state index contributed by atoms with van der Waals surface area (Å²) in [6.45, 7) is 2.08. The first-order valence-electron chi connectivity index (χ1n) is 5.84. The van der Waals surface area contributed by atoms with Crippen LogP contribution in [0.4, 0.5) is 0 Å². The standard InChI is InChI=1S/C13H15ClIN3/c1-2-11(16)5-9-3-4-12(6-13(9)14)18-8-10(15)7-17-18/h3-4,6-8,11H,2,5,16H2,1H3. The number of aromatic nitrogens is 2. The van der Waals surface area contributed by atoms with Gasteiger partial charge in [0.15, 0.2) is 0 Å². The number of nitrogens with zero attached hydrogens (tertiary/aromatic N) is 2.